The van der Waals surface area contributed by atoms with Crippen LogP contribution in [0.4, 0.5) is 5.69 Å². The Kier molecular flexibility index (Phi) is 10.1. The molecular weight excluding hydrogens is 563 g/mol. The number of amides is 2. The Morgan fingerprint density at radius 2 is 1.85 bits per heavy atom. The molecule has 1 N–H and O–H groups in total. The second-order valence-corrected chi connectivity index (χ2v) is 11.6. The largest absolute Gasteiger partial charge is 0.376 e. The zero-order chi connectivity index (χ0) is 26.8. The van der Waals surface area contributed by atoms with Crippen LogP contribution in [-0.2, 0) is 55.7 Å². The third-order valence-electron chi connectivity index (χ3n) is 8.43. The third-order valence-corrected chi connectivity index (χ3v) is 8.43. The number of aryl methyl sites for hydroxylation is 2. The van der Waals surface area contributed by atoms with Gasteiger partial charge in [-0.3, -0.25) is 9.59 Å². The third kappa shape index (κ3) is 7.01. The summed E-state index contributed by atoms with van der Waals surface area (Å²) in [6.45, 7) is 7.95. The van der Waals surface area contributed by atoms with Gasteiger partial charge in [0.1, 0.15) is 0 Å². The van der Waals surface area contributed by atoms with Crippen LogP contribution in [0.3, 0.4) is 0 Å². The maximum Gasteiger partial charge on any atom is 0.256 e. The number of anilines is 1. The number of benzene rings is 2. The van der Waals surface area contributed by atoms with Gasteiger partial charge in [-0.05, 0) is 50.0 Å². The topological polar surface area (TPSA) is 63.6 Å². The molecule has 1 saturated carbocycles. The summed E-state index contributed by atoms with van der Waals surface area (Å²) in [5.74, 6) is 1.27. The van der Waals surface area contributed by atoms with Crippen LogP contribution >= 0.6 is 0 Å². The van der Waals surface area contributed by atoms with Crippen molar-refractivity contribution in [3.05, 3.63) is 65.4 Å². The van der Waals surface area contributed by atoms with E-state index in [9.17, 15) is 9.59 Å². The number of carbonyl (C=O) groups is 2. The molecule has 2 aromatic carbocycles. The number of hydrogen-bond acceptors (Lipinski definition) is 3. The zero-order valence-electron chi connectivity index (χ0n) is 23.7. The van der Waals surface area contributed by atoms with Crippen LogP contribution in [0.2, 0.25) is 0 Å². The summed E-state index contributed by atoms with van der Waals surface area (Å²) in [6, 6.07) is 15.0. The average Bonchev–Trinajstić information content (AvgIpc) is 3.45. The van der Waals surface area contributed by atoms with Crippen LogP contribution < -0.4 is 5.32 Å². The van der Waals surface area contributed by atoms with Gasteiger partial charge in [0.2, 0.25) is 5.91 Å². The number of ether oxygens (including phenoxy) is 1. The first-order valence-electron chi connectivity index (χ1n) is 14.1. The van der Waals surface area contributed by atoms with E-state index in [1.807, 2.05) is 66.0 Å². The average molecular weight is 604 g/mol. The van der Waals surface area contributed by atoms with E-state index in [1.165, 1.54) is 12.8 Å². The first-order valence-corrected chi connectivity index (χ1v) is 14.1. The maximum absolute atomic E-state index is 13.4. The van der Waals surface area contributed by atoms with Gasteiger partial charge in [0.15, 0.2) is 0 Å². The van der Waals surface area contributed by atoms with Gasteiger partial charge < -0.3 is 19.5 Å². The van der Waals surface area contributed by atoms with E-state index in [1.54, 1.807) is 0 Å². The minimum atomic E-state index is -0.164. The second-order valence-electron chi connectivity index (χ2n) is 11.6. The fourth-order valence-corrected chi connectivity index (χ4v) is 6.13. The number of rotatable bonds is 7. The van der Waals surface area contributed by atoms with E-state index >= 15 is 0 Å². The molecule has 7 heteroatoms. The predicted octanol–water partition coefficient (Wildman–Crippen LogP) is 5.91. The van der Waals surface area contributed by atoms with E-state index in [0.29, 0.717) is 36.3 Å². The summed E-state index contributed by atoms with van der Waals surface area (Å²) in [5, 5.41) is 3.90. The van der Waals surface area contributed by atoms with Gasteiger partial charge in [-0.15, -0.1) is 11.6 Å². The number of nitrogens with zero attached hydrogens (tertiary/aromatic N) is 2. The van der Waals surface area contributed by atoms with Crippen LogP contribution in [0.1, 0.15) is 67.4 Å². The molecule has 1 saturated heterocycles. The molecule has 1 aliphatic heterocycles. The first kappa shape index (κ1) is 30.0. The van der Waals surface area contributed by atoms with Gasteiger partial charge in [0.05, 0.1) is 24.3 Å². The quantitative estimate of drug-likeness (QED) is 0.342. The van der Waals surface area contributed by atoms with E-state index < -0.39 is 0 Å². The number of nitrogens with one attached hydrogen (secondary N) is 1. The zero-order valence-corrected chi connectivity index (χ0v) is 26.5. The van der Waals surface area contributed by atoms with Crippen LogP contribution in [0.15, 0.2) is 42.6 Å². The van der Waals surface area contributed by atoms with Crippen molar-refractivity contribution in [2.24, 2.45) is 18.9 Å². The second kappa shape index (κ2) is 13.1. The monoisotopic (exact) mass is 603 g/mol. The first-order chi connectivity index (χ1) is 18.3. The van der Waals surface area contributed by atoms with Crippen LogP contribution in [0.25, 0.3) is 10.9 Å². The molecule has 2 fully saturated rings. The van der Waals surface area contributed by atoms with E-state index in [2.05, 4.69) is 25.2 Å². The summed E-state index contributed by atoms with van der Waals surface area (Å²) < 4.78 is 8.25. The number of fused-ring (bicyclic) bond motifs is 1. The molecule has 2 aliphatic rings. The molecule has 1 aliphatic carbocycles. The normalized spacial score (nSPS) is 23.0. The predicted molar refractivity (Wildman–Crippen MR) is 151 cm³/mol. The Balaban J connectivity index is 0.00000353. The molecule has 0 spiro atoms. The van der Waals surface area contributed by atoms with Crippen LogP contribution in [-0.4, -0.2) is 46.6 Å². The summed E-state index contributed by atoms with van der Waals surface area (Å²) >= 11 is 0. The molecule has 3 aromatic rings. The summed E-state index contributed by atoms with van der Waals surface area (Å²) in [4.78, 5) is 28.4. The smallest absolute Gasteiger partial charge is 0.256 e. The molecule has 0 bridgehead atoms. The number of hydrogen-bond donors (Lipinski definition) is 1. The fourth-order valence-electron chi connectivity index (χ4n) is 6.13. The standard InChI is InChI=1S/C32H40N3O3.Y/c1-21-9-13-27(14-10-21)38-20-26-15-22(2)18-35(26)31(36)17-24-11-12-25(16-23(24)3)33-32(37)29-19-34(4)30-8-6-5-7-28(29)30;/h5-8,11,16,19,21-22,26-27H,9-10,13-15,17-18,20H2,1-4H3,(H,33,37);/q-1;/t21?,22-,26-,27?;/m0./s1. The van der Waals surface area contributed by atoms with Gasteiger partial charge in [0, 0.05) is 69.8 Å². The number of likely N-dealkylation sites (tertiary alicyclic amines) is 1. The van der Waals surface area contributed by atoms with Crippen molar-refractivity contribution in [2.45, 2.75) is 71.4 Å². The maximum atomic E-state index is 13.4. The Morgan fingerprint density at radius 1 is 1.10 bits per heavy atom. The van der Waals surface area contributed by atoms with E-state index in [-0.39, 0.29) is 50.6 Å². The number of aromatic nitrogens is 1. The molecule has 205 valence electrons. The van der Waals surface area contributed by atoms with Crippen molar-refractivity contribution in [3.63, 3.8) is 0 Å². The van der Waals surface area contributed by atoms with Crippen molar-refractivity contribution in [2.75, 3.05) is 18.5 Å². The molecule has 0 unspecified atom stereocenters. The molecule has 2 amide bonds. The van der Waals surface area contributed by atoms with Crippen molar-refractivity contribution in [1.29, 1.82) is 0 Å². The molecule has 2 heterocycles. The summed E-state index contributed by atoms with van der Waals surface area (Å²) in [5.41, 5.74) is 4.17. The minimum absolute atomic E-state index is 0. The molecule has 6 nitrogen and oxygen atoms in total. The number of carbonyl (C=O) groups excluding carboxylic acids is 2. The summed E-state index contributed by atoms with van der Waals surface area (Å²) in [7, 11) is 1.94. The molecular formula is C32H40N3O3Y-. The van der Waals surface area contributed by atoms with E-state index in [0.717, 1.165) is 53.8 Å². The molecule has 1 aromatic heterocycles. The Morgan fingerprint density at radius 3 is 2.59 bits per heavy atom. The van der Waals surface area contributed by atoms with Gasteiger partial charge in [0.25, 0.3) is 5.91 Å². The summed E-state index contributed by atoms with van der Waals surface area (Å²) in [6.07, 6.45) is 8.28. The minimum Gasteiger partial charge on any atom is -0.376 e. The van der Waals surface area contributed by atoms with Crippen molar-refractivity contribution in [1.82, 2.24) is 9.47 Å². The molecule has 2 atom stereocenters. The SMILES string of the molecule is Cc1cc(NC(=O)c2cn(C)c3ccccc23)[c-]cc1CC(=O)N1C[C@@H](C)C[C@H]1COC1CCC(C)CC1.[Y]. The van der Waals surface area contributed by atoms with Crippen molar-refractivity contribution in [3.8, 4) is 0 Å². The van der Waals surface area contributed by atoms with Gasteiger partial charge in [-0.2, -0.15) is 17.7 Å². The van der Waals surface area contributed by atoms with Crippen molar-refractivity contribution >= 4 is 28.4 Å². The van der Waals surface area contributed by atoms with Crippen LogP contribution in [0.5, 0.6) is 0 Å². The molecule has 1 radical (unpaired) electrons. The Hall–Kier alpha value is -2.02. The van der Waals surface area contributed by atoms with Gasteiger partial charge >= 0.3 is 0 Å². The van der Waals surface area contributed by atoms with Gasteiger partial charge in [-0.25, -0.2) is 0 Å². The van der Waals surface area contributed by atoms with Gasteiger partial charge in [-0.1, -0.05) is 44.7 Å². The van der Waals surface area contributed by atoms with Crippen LogP contribution in [0, 0.1) is 24.8 Å². The number of para-hydroxylation sites is 1. The molecule has 5 rings (SSSR count). The molecule has 39 heavy (non-hydrogen) atoms. The Labute approximate surface area is 257 Å². The fraction of sp³-hybridized carbons (Fsp3) is 0.500. The van der Waals surface area contributed by atoms with Crippen molar-refractivity contribution < 1.29 is 47.0 Å². The Bertz CT molecular complexity index is 1310. The van der Waals surface area contributed by atoms with E-state index in [4.69, 9.17) is 4.74 Å².